The van der Waals surface area contributed by atoms with E-state index in [1.165, 1.54) is 19.2 Å². The molecule has 1 heterocycles. The topological polar surface area (TPSA) is 75.0 Å². The van der Waals surface area contributed by atoms with E-state index in [-0.39, 0.29) is 24.6 Å². The lowest BCUT2D eigenvalue weighted by atomic mass is 10.1. The minimum atomic E-state index is -0.600. The van der Waals surface area contributed by atoms with E-state index in [0.717, 1.165) is 35.8 Å². The molecule has 1 aliphatic carbocycles. The van der Waals surface area contributed by atoms with Crippen molar-refractivity contribution < 1.29 is 27.8 Å². The van der Waals surface area contributed by atoms with Crippen LogP contribution in [0.5, 0.6) is 11.5 Å². The van der Waals surface area contributed by atoms with Gasteiger partial charge in [0, 0.05) is 17.0 Å². The molecule has 0 aliphatic heterocycles. The summed E-state index contributed by atoms with van der Waals surface area (Å²) in [6.07, 6.45) is 2.55. The number of aryl methyl sites for hydroxylation is 1. The first-order chi connectivity index (χ1) is 14.0. The van der Waals surface area contributed by atoms with Crippen molar-refractivity contribution in [3.8, 4) is 11.5 Å². The molecular weight excluding hydrogens is 379 g/mol. The summed E-state index contributed by atoms with van der Waals surface area (Å²) in [6, 6.07) is 9.49. The van der Waals surface area contributed by atoms with Gasteiger partial charge in [-0.05, 0) is 54.7 Å². The van der Waals surface area contributed by atoms with Crippen molar-refractivity contribution in [3.05, 3.63) is 69.3 Å². The van der Waals surface area contributed by atoms with E-state index in [1.807, 2.05) is 6.07 Å². The molecule has 0 radical (unpaired) electrons. The molecule has 0 amide bonds. The van der Waals surface area contributed by atoms with Crippen LogP contribution in [0.3, 0.4) is 0 Å². The Hall–Kier alpha value is -3.35. The van der Waals surface area contributed by atoms with Crippen LogP contribution in [0, 0.1) is 5.82 Å². The molecular formula is C22H19FO6. The minimum absolute atomic E-state index is 0.0815. The maximum absolute atomic E-state index is 13.7. The molecule has 150 valence electrons. The third-order valence-corrected chi connectivity index (χ3v) is 4.92. The first-order valence-corrected chi connectivity index (χ1v) is 9.24. The number of hydrogen-bond donors (Lipinski definition) is 0. The maximum atomic E-state index is 13.7. The summed E-state index contributed by atoms with van der Waals surface area (Å²) in [4.78, 5) is 24.0. The number of carbonyl (C=O) groups is 1. The third-order valence-electron chi connectivity index (χ3n) is 4.92. The number of fused-ring (bicyclic) bond motifs is 3. The molecule has 0 saturated heterocycles. The van der Waals surface area contributed by atoms with Crippen LogP contribution < -0.4 is 15.1 Å². The predicted molar refractivity (Wildman–Crippen MR) is 103 cm³/mol. The summed E-state index contributed by atoms with van der Waals surface area (Å²) in [5.41, 5.74) is 2.42. The Bertz CT molecular complexity index is 1130. The molecule has 0 fully saturated rings. The van der Waals surface area contributed by atoms with Gasteiger partial charge in [-0.2, -0.15) is 0 Å². The zero-order valence-corrected chi connectivity index (χ0v) is 15.8. The Morgan fingerprint density at radius 3 is 2.76 bits per heavy atom. The van der Waals surface area contributed by atoms with Gasteiger partial charge in [0.2, 0.25) is 0 Å². The molecule has 0 N–H and O–H groups in total. The van der Waals surface area contributed by atoms with Gasteiger partial charge >= 0.3 is 11.6 Å². The highest BCUT2D eigenvalue weighted by Crippen LogP contribution is 2.29. The quantitative estimate of drug-likeness (QED) is 0.467. The van der Waals surface area contributed by atoms with Crippen LogP contribution in [-0.4, -0.2) is 19.7 Å². The molecule has 29 heavy (non-hydrogen) atoms. The normalized spacial score (nSPS) is 12.6. The molecule has 1 aromatic heterocycles. The molecule has 3 aromatic rings. The van der Waals surface area contributed by atoms with Crippen LogP contribution in [0.25, 0.3) is 11.0 Å². The van der Waals surface area contributed by atoms with Gasteiger partial charge in [0.1, 0.15) is 17.9 Å². The standard InChI is InChI=1S/C22H19FO6/c1-26-19-8-5-13(9-18(19)23)11-28-21(24)12-27-14-6-7-16-15-3-2-4-17(15)22(25)29-20(16)10-14/h5-10H,2-4,11-12H2,1H3. The Morgan fingerprint density at radius 2 is 1.97 bits per heavy atom. The van der Waals surface area contributed by atoms with Crippen molar-refractivity contribution in [2.75, 3.05) is 13.7 Å². The number of rotatable bonds is 6. The molecule has 6 nitrogen and oxygen atoms in total. The van der Waals surface area contributed by atoms with E-state index in [2.05, 4.69) is 0 Å². The van der Waals surface area contributed by atoms with Gasteiger partial charge in [-0.1, -0.05) is 6.07 Å². The second-order valence-electron chi connectivity index (χ2n) is 6.78. The van der Waals surface area contributed by atoms with E-state index in [4.69, 9.17) is 18.6 Å². The number of methoxy groups -OCH3 is 1. The zero-order valence-electron chi connectivity index (χ0n) is 15.8. The molecule has 7 heteroatoms. The number of esters is 1. The molecule has 0 bridgehead atoms. The highest BCUT2D eigenvalue weighted by Gasteiger charge is 2.19. The number of ether oxygens (including phenoxy) is 3. The lowest BCUT2D eigenvalue weighted by molar-refractivity contribution is -0.147. The van der Waals surface area contributed by atoms with E-state index in [0.29, 0.717) is 16.9 Å². The molecule has 4 rings (SSSR count). The number of carbonyl (C=O) groups excluding carboxylic acids is 1. The Morgan fingerprint density at radius 1 is 1.14 bits per heavy atom. The zero-order chi connectivity index (χ0) is 20.4. The fourth-order valence-electron chi connectivity index (χ4n) is 3.50. The Labute approximate surface area is 165 Å². The Kier molecular flexibility index (Phi) is 5.20. The van der Waals surface area contributed by atoms with Crippen molar-refractivity contribution in [1.82, 2.24) is 0 Å². The molecule has 1 aliphatic rings. The average Bonchev–Trinajstić information content (AvgIpc) is 3.21. The SMILES string of the molecule is COc1ccc(COC(=O)COc2ccc3c4c(c(=O)oc3c2)CCC4)cc1F. The number of benzene rings is 2. The summed E-state index contributed by atoms with van der Waals surface area (Å²) in [5.74, 6) is -0.610. The van der Waals surface area contributed by atoms with Crippen LogP contribution in [0.4, 0.5) is 4.39 Å². The number of hydrogen-bond acceptors (Lipinski definition) is 6. The van der Waals surface area contributed by atoms with Gasteiger partial charge < -0.3 is 18.6 Å². The van der Waals surface area contributed by atoms with Gasteiger partial charge in [-0.25, -0.2) is 14.0 Å². The van der Waals surface area contributed by atoms with E-state index >= 15 is 0 Å². The maximum Gasteiger partial charge on any atom is 0.344 e. The van der Waals surface area contributed by atoms with E-state index < -0.39 is 11.8 Å². The van der Waals surface area contributed by atoms with Gasteiger partial charge in [-0.15, -0.1) is 0 Å². The minimum Gasteiger partial charge on any atom is -0.494 e. The smallest absolute Gasteiger partial charge is 0.344 e. The molecule has 0 atom stereocenters. The fourth-order valence-corrected chi connectivity index (χ4v) is 3.50. The molecule has 0 unspecified atom stereocenters. The van der Waals surface area contributed by atoms with Crippen LogP contribution in [0.15, 0.2) is 45.6 Å². The predicted octanol–water partition coefficient (Wildman–Crippen LogP) is 3.55. The van der Waals surface area contributed by atoms with Crippen LogP contribution in [0.1, 0.15) is 23.1 Å². The van der Waals surface area contributed by atoms with Crippen LogP contribution in [-0.2, 0) is 29.0 Å². The highest BCUT2D eigenvalue weighted by molar-refractivity contribution is 5.83. The van der Waals surface area contributed by atoms with E-state index in [1.54, 1.807) is 18.2 Å². The first kappa shape index (κ1) is 19.0. The monoisotopic (exact) mass is 398 g/mol. The average molecular weight is 398 g/mol. The largest absolute Gasteiger partial charge is 0.494 e. The summed E-state index contributed by atoms with van der Waals surface area (Å²) in [7, 11) is 1.38. The second kappa shape index (κ2) is 7.95. The van der Waals surface area contributed by atoms with Gasteiger partial charge in [0.05, 0.1) is 7.11 Å². The second-order valence-corrected chi connectivity index (χ2v) is 6.78. The summed E-state index contributed by atoms with van der Waals surface area (Å²) >= 11 is 0. The van der Waals surface area contributed by atoms with Crippen molar-refractivity contribution >= 4 is 16.9 Å². The summed E-state index contributed by atoms with van der Waals surface area (Å²) in [6.45, 7) is -0.402. The molecule has 2 aromatic carbocycles. The van der Waals surface area contributed by atoms with Crippen molar-refractivity contribution in [1.29, 1.82) is 0 Å². The van der Waals surface area contributed by atoms with Crippen molar-refractivity contribution in [2.24, 2.45) is 0 Å². The van der Waals surface area contributed by atoms with Gasteiger partial charge in [0.15, 0.2) is 18.2 Å². The summed E-state index contributed by atoms with van der Waals surface area (Å²) < 4.78 is 34.5. The highest BCUT2D eigenvalue weighted by atomic mass is 19.1. The van der Waals surface area contributed by atoms with Gasteiger partial charge in [-0.3, -0.25) is 0 Å². The van der Waals surface area contributed by atoms with Crippen LogP contribution >= 0.6 is 0 Å². The lowest BCUT2D eigenvalue weighted by Crippen LogP contribution is -2.15. The fraction of sp³-hybridized carbons (Fsp3) is 0.273. The molecule has 0 saturated carbocycles. The first-order valence-electron chi connectivity index (χ1n) is 9.24. The van der Waals surface area contributed by atoms with Crippen molar-refractivity contribution in [3.63, 3.8) is 0 Å². The van der Waals surface area contributed by atoms with Crippen LogP contribution in [0.2, 0.25) is 0 Å². The van der Waals surface area contributed by atoms with Crippen molar-refractivity contribution in [2.45, 2.75) is 25.9 Å². The molecule has 0 spiro atoms. The van der Waals surface area contributed by atoms with Gasteiger partial charge in [0.25, 0.3) is 0 Å². The lowest BCUT2D eigenvalue weighted by Gasteiger charge is -2.09. The summed E-state index contributed by atoms with van der Waals surface area (Å²) in [5, 5.41) is 0.897. The van der Waals surface area contributed by atoms with E-state index in [9.17, 15) is 14.0 Å². The third kappa shape index (κ3) is 3.94. The Balaban J connectivity index is 1.38. The number of halogens is 1.